The predicted octanol–water partition coefficient (Wildman–Crippen LogP) is 12.5. The summed E-state index contributed by atoms with van der Waals surface area (Å²) in [5.41, 5.74) is 12.5. The number of benzene rings is 8. The molecule has 3 nitrogen and oxygen atoms in total. The summed E-state index contributed by atoms with van der Waals surface area (Å²) in [7, 11) is 0. The van der Waals surface area contributed by atoms with Crippen molar-refractivity contribution in [2.24, 2.45) is 0 Å². The molecule has 0 aliphatic heterocycles. The third kappa shape index (κ3) is 4.51. The summed E-state index contributed by atoms with van der Waals surface area (Å²) in [6, 6.07) is 57.7. The molecule has 0 aliphatic carbocycles. The van der Waals surface area contributed by atoms with Gasteiger partial charge in [0.25, 0.3) is 0 Å². The maximum absolute atomic E-state index is 6.35. The molecule has 0 bridgehead atoms. The molecule has 49 heavy (non-hydrogen) atoms. The van der Waals surface area contributed by atoms with Crippen LogP contribution in [0.25, 0.3) is 99.2 Å². The highest BCUT2D eigenvalue weighted by atomic mass is 16.3. The van der Waals surface area contributed by atoms with Gasteiger partial charge in [0.2, 0.25) is 0 Å². The molecule has 10 aromatic rings. The van der Waals surface area contributed by atoms with Crippen molar-refractivity contribution < 1.29 is 4.42 Å². The number of rotatable bonds is 4. The first kappa shape index (κ1) is 27.5. The molecule has 0 saturated carbocycles. The van der Waals surface area contributed by atoms with Crippen LogP contribution in [0.2, 0.25) is 0 Å². The van der Waals surface area contributed by atoms with Crippen LogP contribution in [0.15, 0.2) is 174 Å². The van der Waals surface area contributed by atoms with Gasteiger partial charge in [0.1, 0.15) is 11.2 Å². The van der Waals surface area contributed by atoms with Gasteiger partial charge in [-0.3, -0.25) is 4.98 Å². The average molecular weight is 625 g/mol. The molecule has 0 aliphatic rings. The Labute approximate surface area is 282 Å². The van der Waals surface area contributed by atoms with Crippen molar-refractivity contribution in [3.8, 4) is 44.6 Å². The molecule has 0 saturated heterocycles. The van der Waals surface area contributed by atoms with Crippen LogP contribution in [-0.4, -0.2) is 9.97 Å². The van der Waals surface area contributed by atoms with E-state index in [9.17, 15) is 0 Å². The normalized spacial score (nSPS) is 11.7. The molecule has 0 amide bonds. The van der Waals surface area contributed by atoms with E-state index >= 15 is 0 Å². The molecule has 3 heteroatoms. The molecular weight excluding hydrogens is 597 g/mol. The predicted molar refractivity (Wildman–Crippen MR) is 204 cm³/mol. The lowest BCUT2D eigenvalue weighted by Crippen LogP contribution is -1.92. The van der Waals surface area contributed by atoms with Crippen LogP contribution in [0.3, 0.4) is 0 Å². The van der Waals surface area contributed by atoms with E-state index in [2.05, 4.69) is 152 Å². The second kappa shape index (κ2) is 11.0. The molecule has 10 rings (SSSR count). The number of hydrogen-bond acceptors (Lipinski definition) is 3. The number of furan rings is 1. The largest absolute Gasteiger partial charge is 0.455 e. The third-order valence-electron chi connectivity index (χ3n) is 9.71. The number of aromatic nitrogens is 2. The molecule has 0 N–H and O–H groups in total. The van der Waals surface area contributed by atoms with Crippen molar-refractivity contribution >= 4 is 54.5 Å². The van der Waals surface area contributed by atoms with Crippen LogP contribution in [-0.2, 0) is 0 Å². The van der Waals surface area contributed by atoms with Gasteiger partial charge in [0, 0.05) is 32.7 Å². The van der Waals surface area contributed by atoms with Gasteiger partial charge in [-0.1, -0.05) is 146 Å². The van der Waals surface area contributed by atoms with Crippen LogP contribution in [0.5, 0.6) is 0 Å². The Kier molecular flexibility index (Phi) is 6.18. The molecule has 228 valence electrons. The maximum atomic E-state index is 6.35. The van der Waals surface area contributed by atoms with E-state index in [-0.39, 0.29) is 0 Å². The maximum Gasteiger partial charge on any atom is 0.143 e. The average Bonchev–Trinajstić information content (AvgIpc) is 3.57. The molecule has 2 heterocycles. The second-order valence-corrected chi connectivity index (χ2v) is 12.6. The van der Waals surface area contributed by atoms with E-state index < -0.39 is 0 Å². The highest BCUT2D eigenvalue weighted by Gasteiger charge is 2.14. The fraction of sp³-hybridized carbons (Fsp3) is 0. The lowest BCUT2D eigenvalue weighted by molar-refractivity contribution is 0.670. The van der Waals surface area contributed by atoms with Crippen molar-refractivity contribution in [1.82, 2.24) is 9.97 Å². The zero-order valence-corrected chi connectivity index (χ0v) is 26.5. The van der Waals surface area contributed by atoms with E-state index in [4.69, 9.17) is 14.4 Å². The topological polar surface area (TPSA) is 38.9 Å². The smallest absolute Gasteiger partial charge is 0.143 e. The number of para-hydroxylation sites is 2. The lowest BCUT2D eigenvalue weighted by Gasteiger charge is -2.11. The lowest BCUT2D eigenvalue weighted by atomic mass is 9.95. The molecular formula is C46H28N2O. The quantitative estimate of drug-likeness (QED) is 0.183. The third-order valence-corrected chi connectivity index (χ3v) is 9.71. The van der Waals surface area contributed by atoms with Gasteiger partial charge in [-0.05, 0) is 56.8 Å². The minimum Gasteiger partial charge on any atom is -0.455 e. The minimum atomic E-state index is 0.865. The van der Waals surface area contributed by atoms with E-state index in [0.29, 0.717) is 0 Å². The van der Waals surface area contributed by atoms with Crippen LogP contribution in [0.4, 0.5) is 0 Å². The molecule has 0 atom stereocenters. The first-order valence-electron chi connectivity index (χ1n) is 16.6. The summed E-state index contributed by atoms with van der Waals surface area (Å²) in [6.07, 6.45) is 1.90. The Morgan fingerprint density at radius 1 is 0.367 bits per heavy atom. The van der Waals surface area contributed by atoms with Crippen LogP contribution >= 0.6 is 0 Å². The van der Waals surface area contributed by atoms with Gasteiger partial charge in [0.05, 0.1) is 22.9 Å². The van der Waals surface area contributed by atoms with Gasteiger partial charge in [-0.25, -0.2) is 4.98 Å². The van der Waals surface area contributed by atoms with Gasteiger partial charge in [-0.2, -0.15) is 0 Å². The molecule has 0 spiro atoms. The number of fused-ring (bicyclic) bond motifs is 9. The van der Waals surface area contributed by atoms with Crippen molar-refractivity contribution in [3.63, 3.8) is 0 Å². The fourth-order valence-electron chi connectivity index (χ4n) is 7.31. The summed E-state index contributed by atoms with van der Waals surface area (Å²) in [6.45, 7) is 0. The molecule has 0 fully saturated rings. The fourth-order valence-corrected chi connectivity index (χ4v) is 7.31. The van der Waals surface area contributed by atoms with Crippen LogP contribution in [0.1, 0.15) is 0 Å². The Bertz CT molecular complexity index is 2850. The van der Waals surface area contributed by atoms with E-state index in [0.717, 1.165) is 82.8 Å². The van der Waals surface area contributed by atoms with Gasteiger partial charge < -0.3 is 4.42 Å². The summed E-state index contributed by atoms with van der Waals surface area (Å²) in [5, 5.41) is 6.93. The van der Waals surface area contributed by atoms with Crippen molar-refractivity contribution in [2.45, 2.75) is 0 Å². The van der Waals surface area contributed by atoms with E-state index in [1.807, 2.05) is 18.3 Å². The van der Waals surface area contributed by atoms with E-state index in [1.54, 1.807) is 0 Å². The second-order valence-electron chi connectivity index (χ2n) is 12.6. The highest BCUT2D eigenvalue weighted by molar-refractivity contribution is 6.23. The number of hydrogen-bond donors (Lipinski definition) is 0. The monoisotopic (exact) mass is 624 g/mol. The van der Waals surface area contributed by atoms with Gasteiger partial charge in [-0.15, -0.1) is 0 Å². The summed E-state index contributed by atoms with van der Waals surface area (Å²) >= 11 is 0. The zero-order valence-electron chi connectivity index (χ0n) is 26.5. The summed E-state index contributed by atoms with van der Waals surface area (Å²) in [4.78, 5) is 10.1. The SMILES string of the molecule is c1cc(-c2ccc(-c3cnc4c5ccccc5c5ccccc5c4n3)cc2)cc(-c2cccc(-c3cccc4c3oc3ccccc34)c2)c1. The van der Waals surface area contributed by atoms with E-state index in [1.165, 1.54) is 16.3 Å². The van der Waals surface area contributed by atoms with Crippen molar-refractivity contribution in [2.75, 3.05) is 0 Å². The summed E-state index contributed by atoms with van der Waals surface area (Å²) in [5.74, 6) is 0. The Hall–Kier alpha value is -6.58. The molecule has 0 unspecified atom stereocenters. The zero-order chi connectivity index (χ0) is 32.3. The van der Waals surface area contributed by atoms with Crippen LogP contribution < -0.4 is 0 Å². The van der Waals surface area contributed by atoms with Crippen molar-refractivity contribution in [3.05, 3.63) is 170 Å². The minimum absolute atomic E-state index is 0.865. The Morgan fingerprint density at radius 2 is 0.898 bits per heavy atom. The van der Waals surface area contributed by atoms with Gasteiger partial charge >= 0.3 is 0 Å². The first-order valence-corrected chi connectivity index (χ1v) is 16.6. The van der Waals surface area contributed by atoms with Crippen LogP contribution in [0, 0.1) is 0 Å². The van der Waals surface area contributed by atoms with Crippen molar-refractivity contribution in [1.29, 1.82) is 0 Å². The highest BCUT2D eigenvalue weighted by Crippen LogP contribution is 2.38. The standard InChI is InChI=1S/C46H28N2O/c1-3-17-39-36(14-1)37-15-2-4-18-40(37)45-44(39)47-28-42(48-45)30-24-22-29(23-25-30)31-10-7-11-32(26-31)33-12-8-13-34(27-33)35-19-9-20-41-38-16-5-6-21-43(38)49-46(35)41/h1-28H. The Morgan fingerprint density at radius 3 is 1.63 bits per heavy atom. The molecule has 2 aromatic heterocycles. The molecule has 0 radical (unpaired) electrons. The first-order chi connectivity index (χ1) is 24.3. The Balaban J connectivity index is 0.995. The summed E-state index contributed by atoms with van der Waals surface area (Å²) < 4.78 is 6.35. The molecule has 8 aromatic carbocycles. The van der Waals surface area contributed by atoms with Gasteiger partial charge in [0.15, 0.2) is 0 Å². The number of nitrogens with zero attached hydrogens (tertiary/aromatic N) is 2.